The molecule has 1 unspecified atom stereocenters. The number of nitrogens with two attached hydrogens (primary N) is 1. The summed E-state index contributed by atoms with van der Waals surface area (Å²) < 4.78 is 51.2. The zero-order valence-corrected chi connectivity index (χ0v) is 10.5. The Balaban J connectivity index is 2.24. The maximum Gasteiger partial charge on any atom is 0.419 e. The highest BCUT2D eigenvalue weighted by Gasteiger charge is 2.35. The van der Waals surface area contributed by atoms with Crippen molar-refractivity contribution in [3.63, 3.8) is 0 Å². The monoisotopic (exact) mass is 275 g/mol. The van der Waals surface area contributed by atoms with Gasteiger partial charge < -0.3 is 5.73 Å². The van der Waals surface area contributed by atoms with Crippen LogP contribution < -0.4 is 5.73 Å². The minimum Gasteiger partial charge on any atom is -0.324 e. The molecule has 19 heavy (non-hydrogen) atoms. The van der Waals surface area contributed by atoms with Crippen LogP contribution in [0.15, 0.2) is 18.2 Å². The standard InChI is InChI=1S/C14H17F4N/c15-12-7-6-10(8-11(12)14(16,17)18)13(19)9-4-2-1-3-5-9/h6-9,13H,1-5,19H2. The van der Waals surface area contributed by atoms with Gasteiger partial charge in [-0.2, -0.15) is 13.2 Å². The summed E-state index contributed by atoms with van der Waals surface area (Å²) in [6.45, 7) is 0. The van der Waals surface area contributed by atoms with Crippen LogP contribution in [0.4, 0.5) is 17.6 Å². The van der Waals surface area contributed by atoms with Gasteiger partial charge in [0.1, 0.15) is 5.82 Å². The Bertz CT molecular complexity index is 436. The minimum atomic E-state index is -4.67. The van der Waals surface area contributed by atoms with Crippen molar-refractivity contribution >= 4 is 0 Å². The van der Waals surface area contributed by atoms with E-state index in [0.29, 0.717) is 5.56 Å². The molecule has 1 atom stereocenters. The summed E-state index contributed by atoms with van der Waals surface area (Å²) in [6, 6.07) is 2.64. The van der Waals surface area contributed by atoms with Crippen molar-refractivity contribution in [3.8, 4) is 0 Å². The maximum absolute atomic E-state index is 13.2. The van der Waals surface area contributed by atoms with Gasteiger partial charge in [-0.25, -0.2) is 4.39 Å². The van der Waals surface area contributed by atoms with Crippen LogP contribution in [0.1, 0.15) is 49.3 Å². The van der Waals surface area contributed by atoms with E-state index in [-0.39, 0.29) is 5.92 Å². The van der Waals surface area contributed by atoms with Crippen LogP contribution in [0.25, 0.3) is 0 Å². The lowest BCUT2D eigenvalue weighted by Crippen LogP contribution is -2.24. The predicted molar refractivity (Wildman–Crippen MR) is 64.9 cm³/mol. The summed E-state index contributed by atoms with van der Waals surface area (Å²) in [4.78, 5) is 0. The first-order valence-corrected chi connectivity index (χ1v) is 6.52. The van der Waals surface area contributed by atoms with Crippen LogP contribution in [0.3, 0.4) is 0 Å². The van der Waals surface area contributed by atoms with Crippen LogP contribution in [-0.4, -0.2) is 0 Å². The molecule has 1 nitrogen and oxygen atoms in total. The van der Waals surface area contributed by atoms with E-state index < -0.39 is 23.6 Å². The number of hydrogen-bond donors (Lipinski definition) is 1. The van der Waals surface area contributed by atoms with E-state index in [1.807, 2.05) is 0 Å². The molecular weight excluding hydrogens is 258 g/mol. The summed E-state index contributed by atoms with van der Waals surface area (Å²) in [7, 11) is 0. The molecule has 0 aliphatic heterocycles. The van der Waals surface area contributed by atoms with Crippen molar-refractivity contribution < 1.29 is 17.6 Å². The smallest absolute Gasteiger partial charge is 0.324 e. The van der Waals surface area contributed by atoms with E-state index in [2.05, 4.69) is 0 Å². The molecule has 2 N–H and O–H groups in total. The lowest BCUT2D eigenvalue weighted by atomic mass is 9.81. The maximum atomic E-state index is 13.2. The Hall–Kier alpha value is -1.10. The molecule has 0 aromatic heterocycles. The van der Waals surface area contributed by atoms with Gasteiger partial charge in [-0.05, 0) is 36.5 Å². The lowest BCUT2D eigenvalue weighted by Gasteiger charge is -2.28. The molecule has 1 saturated carbocycles. The van der Waals surface area contributed by atoms with E-state index in [4.69, 9.17) is 5.73 Å². The number of hydrogen-bond acceptors (Lipinski definition) is 1. The van der Waals surface area contributed by atoms with Gasteiger partial charge in [-0.3, -0.25) is 0 Å². The minimum absolute atomic E-state index is 0.195. The van der Waals surface area contributed by atoms with E-state index in [0.717, 1.165) is 44.2 Å². The fraction of sp³-hybridized carbons (Fsp3) is 0.571. The molecule has 0 radical (unpaired) electrons. The van der Waals surface area contributed by atoms with Crippen LogP contribution in [0.2, 0.25) is 0 Å². The molecule has 1 fully saturated rings. The molecular formula is C14H17F4N. The summed E-state index contributed by atoms with van der Waals surface area (Å²) >= 11 is 0. The predicted octanol–water partition coefficient (Wildman–Crippen LogP) is 4.42. The number of benzene rings is 1. The molecule has 2 rings (SSSR count). The third-order valence-corrected chi connectivity index (χ3v) is 3.84. The first-order valence-electron chi connectivity index (χ1n) is 6.52. The van der Waals surface area contributed by atoms with Crippen molar-refractivity contribution in [3.05, 3.63) is 35.1 Å². The largest absolute Gasteiger partial charge is 0.419 e. The van der Waals surface area contributed by atoms with Gasteiger partial charge in [-0.15, -0.1) is 0 Å². The highest BCUT2D eigenvalue weighted by molar-refractivity contribution is 5.29. The molecule has 0 bridgehead atoms. The van der Waals surface area contributed by atoms with Crippen molar-refractivity contribution in [2.45, 2.75) is 44.3 Å². The van der Waals surface area contributed by atoms with E-state index in [9.17, 15) is 17.6 Å². The highest BCUT2D eigenvalue weighted by atomic mass is 19.4. The molecule has 0 saturated heterocycles. The van der Waals surface area contributed by atoms with Crippen LogP contribution in [0, 0.1) is 11.7 Å². The first kappa shape index (κ1) is 14.3. The Morgan fingerprint density at radius 1 is 1.11 bits per heavy atom. The highest BCUT2D eigenvalue weighted by Crippen LogP contribution is 2.36. The van der Waals surface area contributed by atoms with Gasteiger partial charge in [0.25, 0.3) is 0 Å². The number of halogens is 4. The normalized spacial score (nSPS) is 19.4. The topological polar surface area (TPSA) is 26.0 Å². The van der Waals surface area contributed by atoms with Gasteiger partial charge in [-0.1, -0.05) is 25.3 Å². The van der Waals surface area contributed by atoms with Gasteiger partial charge in [0.05, 0.1) is 5.56 Å². The zero-order valence-electron chi connectivity index (χ0n) is 10.5. The van der Waals surface area contributed by atoms with Gasteiger partial charge >= 0.3 is 6.18 Å². The first-order chi connectivity index (χ1) is 8.89. The summed E-state index contributed by atoms with van der Waals surface area (Å²) in [6.07, 6.45) is 0.462. The molecule has 1 aromatic rings. The molecule has 0 heterocycles. The third kappa shape index (κ3) is 3.26. The Kier molecular flexibility index (Phi) is 4.13. The number of rotatable bonds is 2. The average molecular weight is 275 g/mol. The molecule has 1 aliphatic rings. The molecule has 1 aromatic carbocycles. The summed E-state index contributed by atoms with van der Waals surface area (Å²) in [5, 5.41) is 0. The lowest BCUT2D eigenvalue weighted by molar-refractivity contribution is -0.140. The molecule has 5 heteroatoms. The SMILES string of the molecule is NC(c1ccc(F)c(C(F)(F)F)c1)C1CCCCC1. The Morgan fingerprint density at radius 3 is 2.32 bits per heavy atom. The molecule has 106 valence electrons. The Morgan fingerprint density at radius 2 is 1.74 bits per heavy atom. The van der Waals surface area contributed by atoms with Crippen LogP contribution >= 0.6 is 0 Å². The van der Waals surface area contributed by atoms with Crippen LogP contribution in [0.5, 0.6) is 0 Å². The van der Waals surface area contributed by atoms with Gasteiger partial charge in [0.2, 0.25) is 0 Å². The number of alkyl halides is 3. The van der Waals surface area contributed by atoms with Gasteiger partial charge in [0.15, 0.2) is 0 Å². The molecule has 1 aliphatic carbocycles. The second-order valence-electron chi connectivity index (χ2n) is 5.16. The van der Waals surface area contributed by atoms with E-state index in [1.54, 1.807) is 0 Å². The van der Waals surface area contributed by atoms with Crippen molar-refractivity contribution in [1.82, 2.24) is 0 Å². The zero-order chi connectivity index (χ0) is 14.0. The van der Waals surface area contributed by atoms with E-state index in [1.165, 1.54) is 6.07 Å². The Labute approximate surface area is 109 Å². The van der Waals surface area contributed by atoms with Crippen molar-refractivity contribution in [1.29, 1.82) is 0 Å². The van der Waals surface area contributed by atoms with Gasteiger partial charge in [0, 0.05) is 6.04 Å². The average Bonchev–Trinajstić information content (AvgIpc) is 2.38. The fourth-order valence-corrected chi connectivity index (χ4v) is 2.73. The summed E-state index contributed by atoms with van der Waals surface area (Å²) in [5.74, 6) is -1.05. The van der Waals surface area contributed by atoms with Crippen molar-refractivity contribution in [2.75, 3.05) is 0 Å². The second-order valence-corrected chi connectivity index (χ2v) is 5.16. The van der Waals surface area contributed by atoms with Crippen LogP contribution in [-0.2, 0) is 6.18 Å². The quantitative estimate of drug-likeness (QED) is 0.794. The third-order valence-electron chi connectivity index (χ3n) is 3.84. The van der Waals surface area contributed by atoms with Crippen molar-refractivity contribution in [2.24, 2.45) is 11.7 Å². The molecule has 0 amide bonds. The molecule has 0 spiro atoms. The fourth-order valence-electron chi connectivity index (χ4n) is 2.73. The summed E-state index contributed by atoms with van der Waals surface area (Å²) in [5.41, 5.74) is 5.19. The second kappa shape index (κ2) is 5.49. The van der Waals surface area contributed by atoms with E-state index >= 15 is 0 Å².